The molecule has 5 aromatic rings. The summed E-state index contributed by atoms with van der Waals surface area (Å²) in [5.41, 5.74) is 1.80. The summed E-state index contributed by atoms with van der Waals surface area (Å²) in [4.78, 5) is 18.1. The number of aryl methyl sites for hydroxylation is 1. The molecule has 1 N–H and O–H groups in total. The van der Waals surface area contributed by atoms with Gasteiger partial charge in [-0.1, -0.05) is 59.9 Å². The number of sulfonamides is 1. The molecule has 0 radical (unpaired) electrons. The molecule has 0 unspecified atom stereocenters. The first-order chi connectivity index (χ1) is 16.5. The van der Waals surface area contributed by atoms with Crippen LogP contribution in [0.5, 0.6) is 0 Å². The number of carbonyl (C=O) groups is 1. The maximum absolute atomic E-state index is 12.9. The Bertz CT molecular complexity index is 1690. The Hall–Kier alpha value is -3.75. The molecule has 1 heterocycles. The smallest absolute Gasteiger partial charge is 0.279 e. The topological polar surface area (TPSA) is 80.5 Å². The number of thiazole rings is 1. The van der Waals surface area contributed by atoms with Crippen LogP contribution in [0.3, 0.4) is 0 Å². The van der Waals surface area contributed by atoms with Gasteiger partial charge in [-0.05, 0) is 54.8 Å². The van der Waals surface area contributed by atoms with Crippen LogP contribution in [-0.4, -0.2) is 18.9 Å². The zero-order valence-electron chi connectivity index (χ0n) is 18.3. The molecule has 4 aromatic carbocycles. The summed E-state index contributed by atoms with van der Waals surface area (Å²) in [6.07, 6.45) is 0. The molecule has 0 saturated carbocycles. The first-order valence-electron chi connectivity index (χ1n) is 10.7. The highest BCUT2D eigenvalue weighted by Gasteiger charge is 2.14. The highest BCUT2D eigenvalue weighted by Crippen LogP contribution is 2.27. The van der Waals surface area contributed by atoms with Gasteiger partial charge in [0.15, 0.2) is 4.80 Å². The van der Waals surface area contributed by atoms with Gasteiger partial charge in [0, 0.05) is 23.2 Å². The molecule has 0 atom stereocenters. The fraction of sp³-hybridized carbons (Fsp3) is 0.0769. The van der Waals surface area contributed by atoms with Crippen molar-refractivity contribution in [1.29, 1.82) is 0 Å². The van der Waals surface area contributed by atoms with Gasteiger partial charge in [-0.15, -0.1) is 0 Å². The van der Waals surface area contributed by atoms with E-state index >= 15 is 0 Å². The summed E-state index contributed by atoms with van der Waals surface area (Å²) in [7, 11) is -3.70. The number of aromatic nitrogens is 1. The number of fused-ring (bicyclic) bond motifs is 3. The average molecular weight is 488 g/mol. The third-order valence-electron chi connectivity index (χ3n) is 5.52. The second-order valence-electron chi connectivity index (χ2n) is 7.68. The molecule has 0 saturated heterocycles. The van der Waals surface area contributed by atoms with E-state index in [1.165, 1.54) is 23.5 Å². The Morgan fingerprint density at radius 1 is 0.912 bits per heavy atom. The lowest BCUT2D eigenvalue weighted by Crippen LogP contribution is -2.16. The number of amides is 1. The molecular formula is C26H21N3O3S2. The number of rotatable bonds is 5. The third-order valence-corrected chi connectivity index (χ3v) is 8.05. The highest BCUT2D eigenvalue weighted by atomic mass is 32.2. The fourth-order valence-corrected chi connectivity index (χ4v) is 6.14. The maximum Gasteiger partial charge on any atom is 0.279 e. The van der Waals surface area contributed by atoms with Crippen LogP contribution >= 0.6 is 11.3 Å². The molecule has 6 nitrogen and oxygen atoms in total. The maximum atomic E-state index is 12.9. The SMILES string of the molecule is CCn1c(=NC(=O)c2ccc(NS(=O)(=O)c3ccccc3)cc2)sc2c3ccccc3ccc21. The predicted molar refractivity (Wildman–Crippen MR) is 137 cm³/mol. The molecule has 0 bridgehead atoms. The highest BCUT2D eigenvalue weighted by molar-refractivity contribution is 7.92. The van der Waals surface area contributed by atoms with Crippen LogP contribution in [0.2, 0.25) is 0 Å². The van der Waals surface area contributed by atoms with Crippen molar-refractivity contribution in [3.05, 3.63) is 101 Å². The molecule has 0 fully saturated rings. The van der Waals surface area contributed by atoms with Crippen molar-refractivity contribution in [2.45, 2.75) is 18.4 Å². The van der Waals surface area contributed by atoms with E-state index in [1.54, 1.807) is 42.5 Å². The molecular weight excluding hydrogens is 466 g/mol. The lowest BCUT2D eigenvalue weighted by Gasteiger charge is -2.08. The van der Waals surface area contributed by atoms with Crippen molar-refractivity contribution >= 4 is 53.9 Å². The van der Waals surface area contributed by atoms with Crippen LogP contribution in [0.1, 0.15) is 17.3 Å². The van der Waals surface area contributed by atoms with E-state index in [1.807, 2.05) is 23.6 Å². The summed E-state index contributed by atoms with van der Waals surface area (Å²) in [5.74, 6) is -0.379. The molecule has 1 aromatic heterocycles. The van der Waals surface area contributed by atoms with E-state index in [0.29, 0.717) is 22.6 Å². The quantitative estimate of drug-likeness (QED) is 0.360. The van der Waals surface area contributed by atoms with Gasteiger partial charge >= 0.3 is 0 Å². The average Bonchev–Trinajstić information content (AvgIpc) is 3.22. The van der Waals surface area contributed by atoms with Crippen molar-refractivity contribution in [2.75, 3.05) is 4.72 Å². The predicted octanol–water partition coefficient (Wildman–Crippen LogP) is 5.42. The van der Waals surface area contributed by atoms with Crippen LogP contribution in [-0.2, 0) is 16.6 Å². The molecule has 1 amide bonds. The normalized spacial score (nSPS) is 12.3. The van der Waals surface area contributed by atoms with Crippen molar-refractivity contribution in [3.8, 4) is 0 Å². The summed E-state index contributed by atoms with van der Waals surface area (Å²) in [6.45, 7) is 2.71. The van der Waals surface area contributed by atoms with Crippen molar-refractivity contribution in [3.63, 3.8) is 0 Å². The second kappa shape index (κ2) is 8.89. The Morgan fingerprint density at radius 3 is 2.35 bits per heavy atom. The second-order valence-corrected chi connectivity index (χ2v) is 10.3. The van der Waals surface area contributed by atoms with E-state index in [-0.39, 0.29) is 10.8 Å². The van der Waals surface area contributed by atoms with Crippen LogP contribution in [0.25, 0.3) is 21.0 Å². The summed E-state index contributed by atoms with van der Waals surface area (Å²) in [6, 6.07) is 26.7. The van der Waals surface area contributed by atoms with Gasteiger partial charge in [0.25, 0.3) is 15.9 Å². The zero-order valence-corrected chi connectivity index (χ0v) is 19.9. The van der Waals surface area contributed by atoms with E-state index in [9.17, 15) is 13.2 Å². The zero-order chi connectivity index (χ0) is 23.7. The van der Waals surface area contributed by atoms with Gasteiger partial charge in [0.1, 0.15) is 0 Å². The standard InChI is InChI=1S/C26H21N3O3S2/c1-2-29-23-17-14-18-8-6-7-11-22(18)24(23)33-26(29)27-25(30)19-12-15-20(16-13-19)28-34(31,32)21-9-4-3-5-10-21/h3-17,28H,2H2,1H3. The van der Waals surface area contributed by atoms with E-state index < -0.39 is 10.0 Å². The van der Waals surface area contributed by atoms with E-state index in [4.69, 9.17) is 0 Å². The molecule has 0 aliphatic heterocycles. The van der Waals surface area contributed by atoms with Crippen molar-refractivity contribution in [2.24, 2.45) is 4.99 Å². The molecule has 170 valence electrons. The monoisotopic (exact) mass is 487 g/mol. The third kappa shape index (κ3) is 4.13. The van der Waals surface area contributed by atoms with Crippen LogP contribution in [0, 0.1) is 0 Å². The molecule has 0 spiro atoms. The molecule has 0 aliphatic carbocycles. The van der Waals surface area contributed by atoms with E-state index in [2.05, 4.69) is 34.0 Å². The Balaban J connectivity index is 1.46. The number of hydrogen-bond acceptors (Lipinski definition) is 4. The molecule has 34 heavy (non-hydrogen) atoms. The van der Waals surface area contributed by atoms with Gasteiger partial charge < -0.3 is 4.57 Å². The number of nitrogens with zero attached hydrogens (tertiary/aromatic N) is 2. The van der Waals surface area contributed by atoms with Gasteiger partial charge in [0.2, 0.25) is 0 Å². The molecule has 8 heteroatoms. The number of anilines is 1. The van der Waals surface area contributed by atoms with Crippen LogP contribution in [0.4, 0.5) is 5.69 Å². The Kier molecular flexibility index (Phi) is 5.77. The number of hydrogen-bond donors (Lipinski definition) is 1. The molecule has 5 rings (SSSR count). The minimum Gasteiger partial charge on any atom is -0.317 e. The summed E-state index contributed by atoms with van der Waals surface area (Å²) < 4.78 is 30.7. The number of nitrogens with one attached hydrogen (secondary N) is 1. The minimum absolute atomic E-state index is 0.173. The summed E-state index contributed by atoms with van der Waals surface area (Å²) >= 11 is 1.49. The Labute approximate surface area is 200 Å². The lowest BCUT2D eigenvalue weighted by atomic mass is 10.1. The minimum atomic E-state index is -3.70. The fourth-order valence-electron chi connectivity index (χ4n) is 3.84. The van der Waals surface area contributed by atoms with Gasteiger partial charge in [-0.3, -0.25) is 9.52 Å². The first-order valence-corrected chi connectivity index (χ1v) is 13.0. The van der Waals surface area contributed by atoms with Gasteiger partial charge in [0.05, 0.1) is 15.1 Å². The summed E-state index contributed by atoms with van der Waals surface area (Å²) in [5, 5.41) is 2.28. The Morgan fingerprint density at radius 2 is 1.62 bits per heavy atom. The van der Waals surface area contributed by atoms with E-state index in [0.717, 1.165) is 21.0 Å². The van der Waals surface area contributed by atoms with Crippen molar-refractivity contribution in [1.82, 2.24) is 4.57 Å². The largest absolute Gasteiger partial charge is 0.317 e. The van der Waals surface area contributed by atoms with Gasteiger partial charge in [-0.25, -0.2) is 8.42 Å². The number of benzene rings is 4. The van der Waals surface area contributed by atoms with Crippen LogP contribution in [0.15, 0.2) is 101 Å². The first kappa shape index (κ1) is 22.1. The van der Waals surface area contributed by atoms with Crippen molar-refractivity contribution < 1.29 is 13.2 Å². The lowest BCUT2D eigenvalue weighted by molar-refractivity contribution is 0.0998. The van der Waals surface area contributed by atoms with Gasteiger partial charge in [-0.2, -0.15) is 4.99 Å². The molecule has 0 aliphatic rings. The van der Waals surface area contributed by atoms with Crippen LogP contribution < -0.4 is 9.52 Å². The number of carbonyl (C=O) groups excluding carboxylic acids is 1.